The second-order valence-corrected chi connectivity index (χ2v) is 8.83. The quantitative estimate of drug-likeness (QED) is 0.678. The lowest BCUT2D eigenvalue weighted by atomic mass is 10.2. The van der Waals surface area contributed by atoms with E-state index < -0.39 is 15.8 Å². The molecule has 5 nitrogen and oxygen atoms in total. The highest BCUT2D eigenvalue weighted by Gasteiger charge is 2.31. The SMILES string of the molecule is O=C(/C=C/c1cccc(Cl)c1Cl)N1CCN(S(=O)(=O)c2ccccc2F)CC1. The highest BCUT2D eigenvalue weighted by molar-refractivity contribution is 7.89. The van der Waals surface area contributed by atoms with Gasteiger partial charge in [0.15, 0.2) is 0 Å². The number of sulfonamides is 1. The average molecular weight is 443 g/mol. The van der Waals surface area contributed by atoms with E-state index in [1.54, 1.807) is 24.3 Å². The van der Waals surface area contributed by atoms with Crippen LogP contribution in [0, 0.1) is 5.82 Å². The fourth-order valence-electron chi connectivity index (χ4n) is 2.86. The average Bonchev–Trinajstić information content (AvgIpc) is 2.69. The van der Waals surface area contributed by atoms with E-state index in [4.69, 9.17) is 23.2 Å². The maximum absolute atomic E-state index is 13.9. The predicted molar refractivity (Wildman–Crippen MR) is 107 cm³/mol. The molecule has 0 radical (unpaired) electrons. The van der Waals surface area contributed by atoms with Gasteiger partial charge in [-0.2, -0.15) is 4.31 Å². The van der Waals surface area contributed by atoms with Gasteiger partial charge in [-0.3, -0.25) is 4.79 Å². The van der Waals surface area contributed by atoms with Crippen molar-refractivity contribution in [2.24, 2.45) is 0 Å². The smallest absolute Gasteiger partial charge is 0.246 e. The Morgan fingerprint density at radius 1 is 1.00 bits per heavy atom. The van der Waals surface area contributed by atoms with Gasteiger partial charge in [0, 0.05) is 32.3 Å². The molecule has 2 aromatic carbocycles. The summed E-state index contributed by atoms with van der Waals surface area (Å²) in [5.74, 6) is -1.05. The topological polar surface area (TPSA) is 57.7 Å². The van der Waals surface area contributed by atoms with Gasteiger partial charge in [-0.1, -0.05) is 47.5 Å². The van der Waals surface area contributed by atoms with Crippen LogP contribution in [0.2, 0.25) is 10.0 Å². The van der Waals surface area contributed by atoms with Crippen LogP contribution in [0.1, 0.15) is 5.56 Å². The summed E-state index contributed by atoms with van der Waals surface area (Å²) in [6.45, 7) is 0.600. The monoisotopic (exact) mass is 442 g/mol. The van der Waals surface area contributed by atoms with Gasteiger partial charge in [-0.05, 0) is 29.8 Å². The summed E-state index contributed by atoms with van der Waals surface area (Å²) in [5, 5.41) is 0.747. The first kappa shape index (κ1) is 20.8. The molecular weight excluding hydrogens is 426 g/mol. The molecule has 1 fully saturated rings. The molecule has 9 heteroatoms. The van der Waals surface area contributed by atoms with Gasteiger partial charge >= 0.3 is 0 Å². The van der Waals surface area contributed by atoms with Crippen molar-refractivity contribution >= 4 is 45.2 Å². The van der Waals surface area contributed by atoms with Crippen molar-refractivity contribution in [3.05, 3.63) is 70.0 Å². The molecule has 0 aliphatic carbocycles. The number of rotatable bonds is 4. The van der Waals surface area contributed by atoms with Crippen molar-refractivity contribution < 1.29 is 17.6 Å². The van der Waals surface area contributed by atoms with Crippen molar-refractivity contribution in [1.82, 2.24) is 9.21 Å². The Morgan fingerprint density at radius 3 is 2.36 bits per heavy atom. The highest BCUT2D eigenvalue weighted by atomic mass is 35.5. The molecule has 1 aliphatic rings. The predicted octanol–water partition coefficient (Wildman–Crippen LogP) is 3.68. The van der Waals surface area contributed by atoms with Gasteiger partial charge < -0.3 is 4.90 Å². The summed E-state index contributed by atoms with van der Waals surface area (Å²) in [6.07, 6.45) is 2.94. The van der Waals surface area contributed by atoms with Crippen molar-refractivity contribution in [3.63, 3.8) is 0 Å². The molecule has 148 valence electrons. The highest BCUT2D eigenvalue weighted by Crippen LogP contribution is 2.26. The molecule has 0 spiro atoms. The molecule has 0 atom stereocenters. The molecule has 28 heavy (non-hydrogen) atoms. The minimum Gasteiger partial charge on any atom is -0.337 e. The van der Waals surface area contributed by atoms with Crippen LogP contribution in [0.15, 0.2) is 53.4 Å². The number of hydrogen-bond acceptors (Lipinski definition) is 3. The molecule has 0 unspecified atom stereocenters. The first-order valence-electron chi connectivity index (χ1n) is 8.46. The summed E-state index contributed by atoms with van der Waals surface area (Å²) in [5.41, 5.74) is 0.614. The summed E-state index contributed by atoms with van der Waals surface area (Å²) < 4.78 is 40.3. The van der Waals surface area contributed by atoms with Crippen LogP contribution < -0.4 is 0 Å². The zero-order valence-corrected chi connectivity index (χ0v) is 17.0. The molecule has 0 saturated carbocycles. The van der Waals surface area contributed by atoms with Gasteiger partial charge in [0.05, 0.1) is 10.0 Å². The molecular formula is C19H17Cl2FN2O3S. The fraction of sp³-hybridized carbons (Fsp3) is 0.211. The second-order valence-electron chi connectivity index (χ2n) is 6.14. The first-order valence-corrected chi connectivity index (χ1v) is 10.7. The molecule has 0 N–H and O–H groups in total. The Kier molecular flexibility index (Phi) is 6.40. The largest absolute Gasteiger partial charge is 0.337 e. The Labute approximate surface area is 173 Å². The Morgan fingerprint density at radius 2 is 1.68 bits per heavy atom. The van der Waals surface area contributed by atoms with Gasteiger partial charge in [0.25, 0.3) is 0 Å². The number of nitrogens with zero attached hydrogens (tertiary/aromatic N) is 2. The van der Waals surface area contributed by atoms with Crippen LogP contribution in [-0.4, -0.2) is 49.7 Å². The van der Waals surface area contributed by atoms with Gasteiger partial charge in [-0.15, -0.1) is 0 Å². The number of piperazine rings is 1. The number of benzene rings is 2. The lowest BCUT2D eigenvalue weighted by Gasteiger charge is -2.33. The van der Waals surface area contributed by atoms with E-state index in [0.29, 0.717) is 15.6 Å². The normalized spacial score (nSPS) is 15.9. The third-order valence-electron chi connectivity index (χ3n) is 4.39. The molecule has 1 amide bonds. The van der Waals surface area contributed by atoms with Gasteiger partial charge in [-0.25, -0.2) is 12.8 Å². The fourth-order valence-corrected chi connectivity index (χ4v) is 4.72. The van der Waals surface area contributed by atoms with Gasteiger partial charge in [0.1, 0.15) is 10.7 Å². The third kappa shape index (κ3) is 4.38. The number of halogens is 3. The summed E-state index contributed by atoms with van der Waals surface area (Å²) in [7, 11) is -3.94. The zero-order valence-electron chi connectivity index (χ0n) is 14.7. The Balaban J connectivity index is 1.65. The van der Waals surface area contributed by atoms with Crippen molar-refractivity contribution in [1.29, 1.82) is 0 Å². The van der Waals surface area contributed by atoms with Crippen LogP contribution in [0.4, 0.5) is 4.39 Å². The molecule has 0 bridgehead atoms. The van der Waals surface area contributed by atoms with Gasteiger partial charge in [0.2, 0.25) is 15.9 Å². The van der Waals surface area contributed by atoms with E-state index in [1.165, 1.54) is 33.5 Å². The van der Waals surface area contributed by atoms with Crippen molar-refractivity contribution in [3.8, 4) is 0 Å². The maximum Gasteiger partial charge on any atom is 0.246 e. The van der Waals surface area contributed by atoms with E-state index in [1.807, 2.05) is 0 Å². The van der Waals surface area contributed by atoms with E-state index >= 15 is 0 Å². The summed E-state index contributed by atoms with van der Waals surface area (Å²) >= 11 is 12.0. The first-order chi connectivity index (χ1) is 13.3. The van der Waals surface area contributed by atoms with E-state index in [-0.39, 0.29) is 37.0 Å². The van der Waals surface area contributed by atoms with Crippen LogP contribution in [0.25, 0.3) is 6.08 Å². The zero-order chi connectivity index (χ0) is 20.3. The third-order valence-corrected chi connectivity index (χ3v) is 7.16. The molecule has 3 rings (SSSR count). The lowest BCUT2D eigenvalue weighted by molar-refractivity contribution is -0.127. The van der Waals surface area contributed by atoms with Crippen LogP contribution in [0.5, 0.6) is 0 Å². The molecule has 1 saturated heterocycles. The molecule has 1 aliphatic heterocycles. The van der Waals surface area contributed by atoms with E-state index in [0.717, 1.165) is 6.07 Å². The van der Waals surface area contributed by atoms with E-state index in [2.05, 4.69) is 0 Å². The minimum absolute atomic E-state index is 0.0914. The number of carbonyl (C=O) groups excluding carboxylic acids is 1. The lowest BCUT2D eigenvalue weighted by Crippen LogP contribution is -2.50. The Hall–Kier alpha value is -1.93. The van der Waals surface area contributed by atoms with Crippen LogP contribution >= 0.6 is 23.2 Å². The summed E-state index contributed by atoms with van der Waals surface area (Å²) in [4.78, 5) is 13.6. The molecule has 0 aromatic heterocycles. The van der Waals surface area contributed by atoms with Crippen molar-refractivity contribution in [2.45, 2.75) is 4.90 Å². The van der Waals surface area contributed by atoms with Crippen molar-refractivity contribution in [2.75, 3.05) is 26.2 Å². The minimum atomic E-state index is -3.94. The number of hydrogen-bond donors (Lipinski definition) is 0. The molecule has 1 heterocycles. The number of carbonyl (C=O) groups is 1. The van der Waals surface area contributed by atoms with Crippen LogP contribution in [0.3, 0.4) is 0 Å². The van der Waals surface area contributed by atoms with Crippen LogP contribution in [-0.2, 0) is 14.8 Å². The summed E-state index contributed by atoms with van der Waals surface area (Å²) in [6, 6.07) is 10.4. The maximum atomic E-state index is 13.9. The second kappa shape index (κ2) is 8.61. The number of amides is 1. The Bertz CT molecular complexity index is 1020. The standard InChI is InChI=1S/C19H17Cl2FN2O3S/c20-15-5-3-4-14(19(15)21)8-9-18(25)23-10-12-24(13-11-23)28(26,27)17-7-2-1-6-16(17)22/h1-9H,10-13H2/b9-8+. The molecule has 2 aromatic rings. The van der Waals surface area contributed by atoms with E-state index in [9.17, 15) is 17.6 Å².